The molecule has 1 aliphatic rings. The monoisotopic (exact) mass is 376 g/mol. The molecule has 0 aliphatic heterocycles. The predicted octanol–water partition coefficient (Wildman–Crippen LogP) is 3.79. The van der Waals surface area contributed by atoms with Crippen molar-refractivity contribution >= 4 is 21.6 Å². The molecule has 1 saturated carbocycles. The summed E-state index contributed by atoms with van der Waals surface area (Å²) in [6.45, 7) is 1.71. The van der Waals surface area contributed by atoms with E-state index in [0.717, 1.165) is 25.7 Å². The molecular formula is C19H24N2O4S. The van der Waals surface area contributed by atoms with E-state index < -0.39 is 10.0 Å². The second-order valence-corrected chi connectivity index (χ2v) is 8.68. The first-order chi connectivity index (χ1) is 12.4. The molecule has 3 rings (SSSR count). The van der Waals surface area contributed by atoms with Crippen molar-refractivity contribution in [1.29, 1.82) is 0 Å². The molecule has 1 heterocycles. The lowest BCUT2D eigenvalue weighted by Crippen LogP contribution is -2.38. The fourth-order valence-electron chi connectivity index (χ4n) is 3.34. The summed E-state index contributed by atoms with van der Waals surface area (Å²) in [6.07, 6.45) is 6.60. The Morgan fingerprint density at radius 1 is 1.12 bits per heavy atom. The van der Waals surface area contributed by atoms with Crippen molar-refractivity contribution < 1.29 is 17.6 Å². The maximum atomic E-state index is 12.8. The zero-order valence-corrected chi connectivity index (χ0v) is 15.9. The second kappa shape index (κ2) is 7.63. The van der Waals surface area contributed by atoms with Gasteiger partial charge in [-0.05, 0) is 50.1 Å². The number of aryl methyl sites for hydroxylation is 1. The lowest BCUT2D eigenvalue weighted by molar-refractivity contribution is 0.102. The number of hydrogen-bond acceptors (Lipinski definition) is 4. The Morgan fingerprint density at radius 2 is 1.77 bits per heavy atom. The molecule has 0 atom stereocenters. The van der Waals surface area contributed by atoms with Crippen LogP contribution in [0.1, 0.15) is 48.2 Å². The Morgan fingerprint density at radius 3 is 2.35 bits per heavy atom. The molecule has 7 heteroatoms. The fraction of sp³-hybridized carbons (Fsp3) is 0.421. The SMILES string of the molecule is Cc1occc1C(=O)Nc1ccc(S(=O)(=O)N(C)C2CCCCC2)cc1. The topological polar surface area (TPSA) is 79.6 Å². The van der Waals surface area contributed by atoms with Crippen LogP contribution in [0.2, 0.25) is 0 Å². The molecule has 1 aliphatic carbocycles. The number of nitrogens with zero attached hydrogens (tertiary/aromatic N) is 1. The lowest BCUT2D eigenvalue weighted by atomic mass is 9.96. The molecule has 1 aromatic carbocycles. The van der Waals surface area contributed by atoms with Gasteiger partial charge in [-0.25, -0.2) is 8.42 Å². The molecule has 1 fully saturated rings. The van der Waals surface area contributed by atoms with Crippen LogP contribution in [0, 0.1) is 6.92 Å². The van der Waals surface area contributed by atoms with Crippen LogP contribution in [0.25, 0.3) is 0 Å². The van der Waals surface area contributed by atoms with E-state index in [1.807, 2.05) is 0 Å². The lowest BCUT2D eigenvalue weighted by Gasteiger charge is -2.30. The van der Waals surface area contributed by atoms with Gasteiger partial charge in [0.15, 0.2) is 0 Å². The molecule has 1 amide bonds. The molecular weight excluding hydrogens is 352 g/mol. The average molecular weight is 376 g/mol. The molecule has 26 heavy (non-hydrogen) atoms. The van der Waals surface area contributed by atoms with Gasteiger partial charge in [0, 0.05) is 18.8 Å². The van der Waals surface area contributed by atoms with Crippen LogP contribution in [0.15, 0.2) is 45.9 Å². The van der Waals surface area contributed by atoms with Crippen LogP contribution in [0.3, 0.4) is 0 Å². The van der Waals surface area contributed by atoms with Crippen molar-refractivity contribution in [1.82, 2.24) is 4.31 Å². The Kier molecular flexibility index (Phi) is 5.48. The number of benzene rings is 1. The minimum Gasteiger partial charge on any atom is -0.469 e. The largest absolute Gasteiger partial charge is 0.469 e. The Labute approximate surface area is 154 Å². The van der Waals surface area contributed by atoms with Crippen LogP contribution in [-0.2, 0) is 10.0 Å². The molecule has 0 unspecified atom stereocenters. The first-order valence-corrected chi connectivity index (χ1v) is 10.3. The summed E-state index contributed by atoms with van der Waals surface area (Å²) in [7, 11) is -1.87. The Hall–Kier alpha value is -2.12. The third-order valence-electron chi connectivity index (χ3n) is 4.98. The van der Waals surface area contributed by atoms with Crippen LogP contribution in [-0.4, -0.2) is 31.7 Å². The van der Waals surface area contributed by atoms with Gasteiger partial charge in [-0.3, -0.25) is 4.79 Å². The molecule has 6 nitrogen and oxygen atoms in total. The van der Waals surface area contributed by atoms with Crippen molar-refractivity contribution in [2.24, 2.45) is 0 Å². The summed E-state index contributed by atoms with van der Waals surface area (Å²) in [5.74, 6) is 0.252. The minimum atomic E-state index is -3.53. The van der Waals surface area contributed by atoms with Crippen molar-refractivity contribution in [2.75, 3.05) is 12.4 Å². The highest BCUT2D eigenvalue weighted by atomic mass is 32.2. The highest BCUT2D eigenvalue weighted by Crippen LogP contribution is 2.27. The van der Waals surface area contributed by atoms with E-state index in [-0.39, 0.29) is 16.8 Å². The number of carbonyl (C=O) groups is 1. The highest BCUT2D eigenvalue weighted by molar-refractivity contribution is 7.89. The maximum Gasteiger partial charge on any atom is 0.259 e. The van der Waals surface area contributed by atoms with Gasteiger partial charge in [-0.1, -0.05) is 19.3 Å². The van der Waals surface area contributed by atoms with Gasteiger partial charge in [-0.15, -0.1) is 0 Å². The van der Waals surface area contributed by atoms with E-state index in [1.54, 1.807) is 32.2 Å². The van der Waals surface area contributed by atoms with Gasteiger partial charge < -0.3 is 9.73 Å². The van der Waals surface area contributed by atoms with E-state index >= 15 is 0 Å². The molecule has 0 spiro atoms. The molecule has 1 aromatic heterocycles. The van der Waals surface area contributed by atoms with E-state index in [1.165, 1.54) is 29.1 Å². The van der Waals surface area contributed by atoms with Gasteiger partial charge in [0.05, 0.1) is 16.7 Å². The zero-order valence-electron chi connectivity index (χ0n) is 15.1. The fourth-order valence-corrected chi connectivity index (χ4v) is 4.75. The number of carbonyl (C=O) groups excluding carboxylic acids is 1. The highest BCUT2D eigenvalue weighted by Gasteiger charge is 2.28. The average Bonchev–Trinajstić information content (AvgIpc) is 3.08. The summed E-state index contributed by atoms with van der Waals surface area (Å²) in [5.41, 5.74) is 0.994. The third kappa shape index (κ3) is 3.83. The van der Waals surface area contributed by atoms with E-state index in [0.29, 0.717) is 17.0 Å². The molecule has 140 valence electrons. The van der Waals surface area contributed by atoms with Gasteiger partial charge in [0.2, 0.25) is 10.0 Å². The molecule has 2 aromatic rings. The van der Waals surface area contributed by atoms with Crippen molar-refractivity contribution in [3.8, 4) is 0 Å². The molecule has 1 N–H and O–H groups in total. The van der Waals surface area contributed by atoms with E-state index in [9.17, 15) is 13.2 Å². The quantitative estimate of drug-likeness (QED) is 0.861. The standard InChI is InChI=1S/C19H24N2O4S/c1-14-18(12-13-25-14)19(22)20-15-8-10-17(11-9-15)26(23,24)21(2)16-6-4-3-5-7-16/h8-13,16H,3-7H2,1-2H3,(H,20,22). The summed E-state index contributed by atoms with van der Waals surface area (Å²) >= 11 is 0. The zero-order chi connectivity index (χ0) is 18.7. The first kappa shape index (κ1) is 18.7. The molecule has 0 bridgehead atoms. The predicted molar refractivity (Wildman–Crippen MR) is 99.7 cm³/mol. The number of amides is 1. The van der Waals surface area contributed by atoms with Gasteiger partial charge >= 0.3 is 0 Å². The van der Waals surface area contributed by atoms with Crippen LogP contribution in [0.5, 0.6) is 0 Å². The number of furan rings is 1. The Bertz CT molecular complexity index is 865. The van der Waals surface area contributed by atoms with Crippen molar-refractivity contribution in [3.63, 3.8) is 0 Å². The van der Waals surface area contributed by atoms with Crippen LogP contribution < -0.4 is 5.32 Å². The minimum absolute atomic E-state index is 0.0668. The summed E-state index contributed by atoms with van der Waals surface area (Å²) < 4.78 is 32.3. The van der Waals surface area contributed by atoms with Gasteiger partial charge in [-0.2, -0.15) is 4.31 Å². The molecule has 0 radical (unpaired) electrons. The van der Waals surface area contributed by atoms with Gasteiger partial charge in [0.25, 0.3) is 5.91 Å². The number of anilines is 1. The summed E-state index contributed by atoms with van der Waals surface area (Å²) in [6, 6.07) is 7.95. The summed E-state index contributed by atoms with van der Waals surface area (Å²) in [4.78, 5) is 12.4. The summed E-state index contributed by atoms with van der Waals surface area (Å²) in [5, 5.41) is 2.75. The van der Waals surface area contributed by atoms with Crippen LogP contribution in [0.4, 0.5) is 5.69 Å². The van der Waals surface area contributed by atoms with E-state index in [4.69, 9.17) is 4.42 Å². The third-order valence-corrected chi connectivity index (χ3v) is 6.91. The second-order valence-electron chi connectivity index (χ2n) is 6.68. The van der Waals surface area contributed by atoms with Crippen molar-refractivity contribution in [2.45, 2.75) is 50.0 Å². The van der Waals surface area contributed by atoms with Crippen LogP contribution >= 0.6 is 0 Å². The first-order valence-electron chi connectivity index (χ1n) is 8.83. The maximum absolute atomic E-state index is 12.8. The Balaban J connectivity index is 1.72. The number of hydrogen-bond donors (Lipinski definition) is 1. The number of sulfonamides is 1. The normalized spacial score (nSPS) is 16.0. The molecule has 0 saturated heterocycles. The van der Waals surface area contributed by atoms with Gasteiger partial charge in [0.1, 0.15) is 5.76 Å². The van der Waals surface area contributed by atoms with Crippen molar-refractivity contribution in [3.05, 3.63) is 47.9 Å². The smallest absolute Gasteiger partial charge is 0.259 e. The van der Waals surface area contributed by atoms with E-state index in [2.05, 4.69) is 5.32 Å². The number of rotatable bonds is 5. The number of nitrogens with one attached hydrogen (secondary N) is 1.